The quantitative estimate of drug-likeness (QED) is 0.603. The van der Waals surface area contributed by atoms with Gasteiger partial charge in [-0.2, -0.15) is 0 Å². The van der Waals surface area contributed by atoms with Crippen LogP contribution < -0.4 is 5.48 Å². The number of hydrogen-bond donors (Lipinski definition) is 2. The Balaban J connectivity index is 2.17. The van der Waals surface area contributed by atoms with E-state index in [-0.39, 0.29) is 23.0 Å². The van der Waals surface area contributed by atoms with Gasteiger partial charge in [0.25, 0.3) is 0 Å². The SMILES string of the molecule is C=C(NOCCO)c1ccc(S(=O)(=O)c2ccccc2)cc1. The highest BCUT2D eigenvalue weighted by molar-refractivity contribution is 7.91. The van der Waals surface area contributed by atoms with Crippen LogP contribution in [0, 0.1) is 0 Å². The van der Waals surface area contributed by atoms with E-state index in [0.29, 0.717) is 11.3 Å². The van der Waals surface area contributed by atoms with Gasteiger partial charge in [-0.25, -0.2) is 8.42 Å². The lowest BCUT2D eigenvalue weighted by atomic mass is 10.2. The Morgan fingerprint density at radius 1 is 1.05 bits per heavy atom. The second-order valence-electron chi connectivity index (χ2n) is 4.49. The van der Waals surface area contributed by atoms with Crippen LogP contribution in [-0.4, -0.2) is 26.7 Å². The van der Waals surface area contributed by atoms with E-state index < -0.39 is 9.84 Å². The maximum absolute atomic E-state index is 12.4. The first-order valence-electron chi connectivity index (χ1n) is 6.64. The fourth-order valence-corrected chi connectivity index (χ4v) is 3.10. The smallest absolute Gasteiger partial charge is 0.206 e. The van der Waals surface area contributed by atoms with Crippen molar-refractivity contribution in [2.45, 2.75) is 9.79 Å². The highest BCUT2D eigenvalue weighted by atomic mass is 32.2. The van der Waals surface area contributed by atoms with Crippen molar-refractivity contribution in [3.8, 4) is 0 Å². The molecule has 2 N–H and O–H groups in total. The van der Waals surface area contributed by atoms with Crippen LogP contribution in [0.25, 0.3) is 5.70 Å². The highest BCUT2D eigenvalue weighted by Gasteiger charge is 2.16. The number of rotatable bonds is 7. The van der Waals surface area contributed by atoms with Crippen molar-refractivity contribution in [3.05, 3.63) is 66.7 Å². The van der Waals surface area contributed by atoms with Crippen molar-refractivity contribution in [2.24, 2.45) is 0 Å². The standard InChI is InChI=1S/C16H17NO4S/c1-13(17-21-12-11-18)14-7-9-16(10-8-14)22(19,20)15-5-3-2-4-6-15/h2-10,17-18H,1,11-12H2. The summed E-state index contributed by atoms with van der Waals surface area (Å²) in [5.74, 6) is 0. The molecular formula is C16H17NO4S. The van der Waals surface area contributed by atoms with Crippen LogP contribution in [0.15, 0.2) is 71.0 Å². The van der Waals surface area contributed by atoms with E-state index in [9.17, 15) is 8.42 Å². The zero-order chi connectivity index (χ0) is 16.0. The molecule has 22 heavy (non-hydrogen) atoms. The van der Waals surface area contributed by atoms with Crippen LogP contribution in [0.3, 0.4) is 0 Å². The van der Waals surface area contributed by atoms with Crippen LogP contribution >= 0.6 is 0 Å². The van der Waals surface area contributed by atoms with Gasteiger partial charge < -0.3 is 5.11 Å². The second kappa shape index (κ2) is 7.22. The third kappa shape index (κ3) is 3.73. The van der Waals surface area contributed by atoms with Gasteiger partial charge in [0.15, 0.2) is 0 Å². The molecule has 0 fully saturated rings. The van der Waals surface area contributed by atoms with Gasteiger partial charge in [-0.1, -0.05) is 36.9 Å². The maximum atomic E-state index is 12.4. The van der Waals surface area contributed by atoms with Crippen molar-refractivity contribution in [1.82, 2.24) is 5.48 Å². The molecule has 0 heterocycles. The molecule has 116 valence electrons. The van der Waals surface area contributed by atoms with Crippen molar-refractivity contribution >= 4 is 15.5 Å². The fourth-order valence-electron chi connectivity index (χ4n) is 1.81. The molecule has 2 aromatic rings. The Morgan fingerprint density at radius 2 is 1.64 bits per heavy atom. The summed E-state index contributed by atoms with van der Waals surface area (Å²) in [6.45, 7) is 3.82. The Hall–Kier alpha value is -2.15. The lowest BCUT2D eigenvalue weighted by Crippen LogP contribution is -2.15. The first kappa shape index (κ1) is 16.2. The first-order valence-corrected chi connectivity index (χ1v) is 8.12. The summed E-state index contributed by atoms with van der Waals surface area (Å²) >= 11 is 0. The van der Waals surface area contributed by atoms with Gasteiger partial charge in [0.05, 0.1) is 28.7 Å². The van der Waals surface area contributed by atoms with Gasteiger partial charge in [-0.3, -0.25) is 10.3 Å². The molecule has 0 aromatic heterocycles. The number of hydrogen-bond acceptors (Lipinski definition) is 5. The third-order valence-corrected chi connectivity index (χ3v) is 4.74. The fraction of sp³-hybridized carbons (Fsp3) is 0.125. The van der Waals surface area contributed by atoms with E-state index in [4.69, 9.17) is 9.94 Å². The van der Waals surface area contributed by atoms with Gasteiger partial charge in [0.1, 0.15) is 0 Å². The molecule has 0 aliphatic carbocycles. The van der Waals surface area contributed by atoms with Gasteiger partial charge in [0, 0.05) is 0 Å². The number of hydroxylamine groups is 1. The molecule has 0 aliphatic heterocycles. The van der Waals surface area contributed by atoms with Gasteiger partial charge in [-0.15, -0.1) is 0 Å². The normalized spacial score (nSPS) is 11.1. The first-order chi connectivity index (χ1) is 10.6. The molecule has 0 saturated carbocycles. The number of sulfone groups is 1. The van der Waals surface area contributed by atoms with E-state index in [1.54, 1.807) is 42.5 Å². The van der Waals surface area contributed by atoms with Gasteiger partial charge in [0.2, 0.25) is 9.84 Å². The predicted octanol–water partition coefficient (Wildman–Crippen LogP) is 2.00. The third-order valence-electron chi connectivity index (χ3n) is 2.96. The Labute approximate surface area is 129 Å². The number of nitrogens with one attached hydrogen (secondary N) is 1. The Morgan fingerprint density at radius 3 is 2.23 bits per heavy atom. The number of benzene rings is 2. The maximum Gasteiger partial charge on any atom is 0.206 e. The van der Waals surface area contributed by atoms with Crippen molar-refractivity contribution in [3.63, 3.8) is 0 Å². The minimum atomic E-state index is -3.52. The largest absolute Gasteiger partial charge is 0.394 e. The van der Waals surface area contributed by atoms with Crippen molar-refractivity contribution in [2.75, 3.05) is 13.2 Å². The summed E-state index contributed by atoms with van der Waals surface area (Å²) in [5, 5.41) is 8.62. The molecule has 0 radical (unpaired) electrons. The van der Waals surface area contributed by atoms with Crippen LogP contribution in [-0.2, 0) is 14.7 Å². The van der Waals surface area contributed by atoms with Crippen LogP contribution in [0.2, 0.25) is 0 Å². The molecule has 0 saturated heterocycles. The lowest BCUT2D eigenvalue weighted by Gasteiger charge is -2.10. The summed E-state index contributed by atoms with van der Waals surface area (Å²) in [6, 6.07) is 14.6. The average molecular weight is 319 g/mol. The molecule has 6 heteroatoms. The molecule has 0 bridgehead atoms. The summed E-state index contributed by atoms with van der Waals surface area (Å²) in [6.07, 6.45) is 0. The molecule has 0 atom stereocenters. The summed E-state index contributed by atoms with van der Waals surface area (Å²) in [5.41, 5.74) is 3.77. The minimum Gasteiger partial charge on any atom is -0.394 e. The minimum absolute atomic E-state index is 0.103. The summed E-state index contributed by atoms with van der Waals surface area (Å²) in [7, 11) is -3.52. The lowest BCUT2D eigenvalue weighted by molar-refractivity contribution is 0.0481. The van der Waals surface area contributed by atoms with Crippen LogP contribution in [0.5, 0.6) is 0 Å². The monoisotopic (exact) mass is 319 g/mol. The molecule has 0 unspecified atom stereocenters. The molecule has 0 amide bonds. The number of aliphatic hydroxyl groups excluding tert-OH is 1. The van der Waals surface area contributed by atoms with E-state index >= 15 is 0 Å². The van der Waals surface area contributed by atoms with E-state index in [0.717, 1.165) is 0 Å². The molecule has 2 aromatic carbocycles. The number of aliphatic hydroxyl groups is 1. The van der Waals surface area contributed by atoms with Crippen molar-refractivity contribution < 1.29 is 18.4 Å². The van der Waals surface area contributed by atoms with Gasteiger partial charge in [-0.05, 0) is 29.8 Å². The average Bonchev–Trinajstić information content (AvgIpc) is 2.56. The Bertz CT molecular complexity index is 725. The van der Waals surface area contributed by atoms with E-state index in [2.05, 4.69) is 12.1 Å². The molecule has 0 aliphatic rings. The highest BCUT2D eigenvalue weighted by Crippen LogP contribution is 2.22. The van der Waals surface area contributed by atoms with Crippen LogP contribution in [0.4, 0.5) is 0 Å². The molecular weight excluding hydrogens is 302 g/mol. The Kier molecular flexibility index (Phi) is 5.32. The summed E-state index contributed by atoms with van der Waals surface area (Å²) < 4.78 is 24.9. The zero-order valence-electron chi connectivity index (χ0n) is 11.9. The van der Waals surface area contributed by atoms with E-state index in [1.165, 1.54) is 12.1 Å². The molecule has 2 rings (SSSR count). The zero-order valence-corrected chi connectivity index (χ0v) is 12.7. The molecule has 0 spiro atoms. The second-order valence-corrected chi connectivity index (χ2v) is 6.44. The van der Waals surface area contributed by atoms with E-state index in [1.807, 2.05) is 0 Å². The van der Waals surface area contributed by atoms with Crippen molar-refractivity contribution in [1.29, 1.82) is 0 Å². The predicted molar refractivity (Wildman–Crippen MR) is 83.5 cm³/mol. The molecule has 5 nitrogen and oxygen atoms in total. The van der Waals surface area contributed by atoms with Gasteiger partial charge >= 0.3 is 0 Å². The topological polar surface area (TPSA) is 75.6 Å². The summed E-state index contributed by atoms with van der Waals surface area (Å²) in [4.78, 5) is 5.42. The van der Waals surface area contributed by atoms with Crippen LogP contribution in [0.1, 0.15) is 5.56 Å².